The van der Waals surface area contributed by atoms with Crippen molar-refractivity contribution in [1.29, 1.82) is 0 Å². The molecule has 4 N–H and O–H groups in total. The van der Waals surface area contributed by atoms with Crippen LogP contribution < -0.4 is 20.1 Å². The number of imide groups is 1. The first-order valence-corrected chi connectivity index (χ1v) is 10.0. The van der Waals surface area contributed by atoms with Crippen LogP contribution in [0.15, 0.2) is 66.9 Å². The van der Waals surface area contributed by atoms with E-state index >= 15 is 0 Å². The second-order valence-electron chi connectivity index (χ2n) is 7.29. The van der Waals surface area contributed by atoms with Gasteiger partial charge in [-0.15, -0.1) is 0 Å². The Morgan fingerprint density at radius 2 is 1.69 bits per heavy atom. The van der Waals surface area contributed by atoms with Gasteiger partial charge >= 0.3 is 11.8 Å². The second kappa shape index (κ2) is 8.95. The number of hydrogen-bond acceptors (Lipinski definition) is 6. The summed E-state index contributed by atoms with van der Waals surface area (Å²) in [5.74, 6) is -0.0289. The molecule has 0 radical (unpaired) electrons. The lowest BCUT2D eigenvalue weighted by atomic mass is 9.91. The molecule has 0 atom stereocenters. The quantitative estimate of drug-likeness (QED) is 0.409. The van der Waals surface area contributed by atoms with Crippen molar-refractivity contribution in [2.45, 2.75) is 6.54 Å². The molecule has 4 rings (SSSR count). The molecule has 3 aromatic rings. The summed E-state index contributed by atoms with van der Waals surface area (Å²) >= 11 is 0. The number of fused-ring (bicyclic) bond motifs is 1. The number of carbonyl (C=O) groups excluding carboxylic acids is 2. The molecule has 0 aromatic heterocycles. The van der Waals surface area contributed by atoms with E-state index in [2.05, 4.69) is 5.32 Å². The third kappa shape index (κ3) is 4.06. The average molecular weight is 431 g/mol. The van der Waals surface area contributed by atoms with Gasteiger partial charge in [-0.1, -0.05) is 36.4 Å². The standard InChI is InChI=1S/C25H22N2O5/c1-31-22-11-15(10-21(28)23(22)32-2)13-26-14-20-19-12-17(16-6-4-3-5-7-16)8-9-18(19)24(29)27-25(20)30/h3-12,14,26,28H,13H2,1-2H3,(H,27,29,30)/p+1/b20-14-. The number of primary amides is 2. The largest absolute Gasteiger partial charge is 0.504 e. The molecule has 1 heterocycles. The molecule has 3 aromatic carbocycles. The second-order valence-corrected chi connectivity index (χ2v) is 7.29. The van der Waals surface area contributed by atoms with Crippen molar-refractivity contribution in [1.82, 2.24) is 5.32 Å². The highest BCUT2D eigenvalue weighted by Crippen LogP contribution is 2.37. The van der Waals surface area contributed by atoms with Crippen molar-refractivity contribution in [3.8, 4) is 28.4 Å². The van der Waals surface area contributed by atoms with Crippen LogP contribution in [0.2, 0.25) is 0 Å². The summed E-state index contributed by atoms with van der Waals surface area (Å²) in [4.78, 5) is 25.0. The fraction of sp³-hybridized carbons (Fsp3) is 0.120. The van der Waals surface area contributed by atoms with E-state index in [-0.39, 0.29) is 23.3 Å². The lowest BCUT2D eigenvalue weighted by molar-refractivity contribution is -0.464. The van der Waals surface area contributed by atoms with Gasteiger partial charge in [0.1, 0.15) is 5.57 Å². The topological polar surface area (TPSA) is 101 Å². The van der Waals surface area contributed by atoms with Gasteiger partial charge in [-0.25, -0.2) is 14.9 Å². The van der Waals surface area contributed by atoms with Crippen molar-refractivity contribution in [3.63, 3.8) is 0 Å². The third-order valence-electron chi connectivity index (χ3n) is 5.28. The summed E-state index contributed by atoms with van der Waals surface area (Å²) in [7, 11) is 2.94. The molecule has 2 amide bonds. The third-order valence-corrected chi connectivity index (χ3v) is 5.28. The van der Waals surface area contributed by atoms with Gasteiger partial charge in [0.15, 0.2) is 11.5 Å². The van der Waals surface area contributed by atoms with Crippen LogP contribution in [0, 0.1) is 0 Å². The summed E-state index contributed by atoms with van der Waals surface area (Å²) in [6.45, 7) is 0.326. The Morgan fingerprint density at radius 1 is 0.906 bits per heavy atom. The van der Waals surface area contributed by atoms with Crippen LogP contribution in [0.3, 0.4) is 0 Å². The Hall–Kier alpha value is -4.10. The number of phenolic OH excluding ortho intramolecular Hbond substituents is 1. The molecule has 0 spiro atoms. The highest BCUT2D eigenvalue weighted by Gasteiger charge is 2.32. The zero-order valence-corrected chi connectivity index (χ0v) is 17.7. The van der Waals surface area contributed by atoms with Gasteiger partial charge in [-0.3, -0.25) is 0 Å². The summed E-state index contributed by atoms with van der Waals surface area (Å²) in [6.07, 6.45) is 1.60. The molecule has 1 aliphatic heterocycles. The molecular formula is C25H23N2O5+. The molecule has 7 nitrogen and oxygen atoms in total. The van der Waals surface area contributed by atoms with Gasteiger partial charge in [0, 0.05) is 18.3 Å². The summed E-state index contributed by atoms with van der Waals surface area (Å²) in [5, 5.41) is 14.4. The van der Waals surface area contributed by atoms with Crippen molar-refractivity contribution in [2.24, 2.45) is 0 Å². The molecule has 162 valence electrons. The predicted molar refractivity (Wildman–Crippen MR) is 119 cm³/mol. The number of hydrogen-bond donors (Lipinski definition) is 3. The monoisotopic (exact) mass is 431 g/mol. The zero-order valence-electron chi connectivity index (χ0n) is 17.7. The number of methoxy groups -OCH3 is 2. The van der Waals surface area contributed by atoms with Crippen LogP contribution in [-0.2, 0) is 11.3 Å². The van der Waals surface area contributed by atoms with Crippen LogP contribution in [0.5, 0.6) is 17.2 Å². The highest BCUT2D eigenvalue weighted by molar-refractivity contribution is 6.23. The number of quaternary nitrogens is 1. The number of benzene rings is 3. The smallest absolute Gasteiger partial charge is 0.352 e. The van der Waals surface area contributed by atoms with E-state index in [1.165, 1.54) is 14.2 Å². The minimum Gasteiger partial charge on any atom is -0.504 e. The lowest BCUT2D eigenvalue weighted by Gasteiger charge is -2.16. The van der Waals surface area contributed by atoms with Crippen molar-refractivity contribution < 1.29 is 29.5 Å². The first-order valence-electron chi connectivity index (χ1n) is 10.0. The Balaban J connectivity index is 1.64. The molecule has 0 fully saturated rings. The number of rotatable bonds is 6. The fourth-order valence-electron chi connectivity index (χ4n) is 3.72. The number of carbonyl (C=O) groups is 2. The van der Waals surface area contributed by atoms with E-state index in [1.807, 2.05) is 42.5 Å². The van der Waals surface area contributed by atoms with Crippen LogP contribution in [0.25, 0.3) is 16.7 Å². The van der Waals surface area contributed by atoms with E-state index in [0.717, 1.165) is 22.0 Å². The number of nitrogens with two attached hydrogens (primary N) is 1. The van der Waals surface area contributed by atoms with E-state index in [1.54, 1.807) is 24.4 Å². The Kier molecular flexibility index (Phi) is 5.91. The molecule has 7 heteroatoms. The Labute approximate surface area is 185 Å². The number of nitrogens with one attached hydrogen (secondary N) is 1. The molecule has 0 saturated carbocycles. The van der Waals surface area contributed by atoms with Crippen molar-refractivity contribution >= 4 is 17.4 Å². The van der Waals surface area contributed by atoms with E-state index < -0.39 is 0 Å². The number of phenols is 1. The number of amides is 2. The van der Waals surface area contributed by atoms with Crippen LogP contribution in [-0.4, -0.2) is 31.1 Å². The first kappa shape index (κ1) is 21.1. The van der Waals surface area contributed by atoms with Gasteiger partial charge in [-0.05, 0) is 41.0 Å². The highest BCUT2D eigenvalue weighted by atomic mass is 16.5. The van der Waals surface area contributed by atoms with Gasteiger partial charge < -0.3 is 19.9 Å². The molecule has 0 unspecified atom stereocenters. The number of aromatic hydroxyl groups is 1. The predicted octanol–water partition coefficient (Wildman–Crippen LogP) is 2.45. The summed E-state index contributed by atoms with van der Waals surface area (Å²) in [5.41, 5.74) is 4.13. The SMILES string of the molecule is COc1cc(CN/C=C2\C(=O)[NH2+]C(=O)c3ccc(-c4ccccc4)cc32)cc(O)c1OC. The minimum absolute atomic E-state index is 0.0400. The van der Waals surface area contributed by atoms with Gasteiger partial charge in [0.2, 0.25) is 5.75 Å². The van der Waals surface area contributed by atoms with Crippen molar-refractivity contribution in [2.75, 3.05) is 14.2 Å². The Morgan fingerprint density at radius 3 is 2.41 bits per heavy atom. The molecule has 1 aliphatic rings. The maximum Gasteiger partial charge on any atom is 0.352 e. The maximum atomic E-state index is 12.6. The average Bonchev–Trinajstić information content (AvgIpc) is 2.81. The maximum absolute atomic E-state index is 12.6. The van der Waals surface area contributed by atoms with E-state index in [0.29, 0.717) is 29.0 Å². The summed E-state index contributed by atoms with van der Waals surface area (Å²) < 4.78 is 10.4. The molecule has 32 heavy (non-hydrogen) atoms. The van der Waals surface area contributed by atoms with Gasteiger partial charge in [-0.2, -0.15) is 0 Å². The van der Waals surface area contributed by atoms with Crippen LogP contribution >= 0.6 is 0 Å². The number of ether oxygens (including phenoxy) is 2. The van der Waals surface area contributed by atoms with Crippen LogP contribution in [0.4, 0.5) is 0 Å². The van der Waals surface area contributed by atoms with Gasteiger partial charge in [0.05, 0.1) is 19.8 Å². The molecular weight excluding hydrogens is 408 g/mol. The normalized spacial score (nSPS) is 14.2. The first-order chi connectivity index (χ1) is 15.5. The molecule has 0 bridgehead atoms. The minimum atomic E-state index is -0.352. The zero-order chi connectivity index (χ0) is 22.7. The van der Waals surface area contributed by atoms with E-state index in [4.69, 9.17) is 9.47 Å². The van der Waals surface area contributed by atoms with Gasteiger partial charge in [0.25, 0.3) is 0 Å². The van der Waals surface area contributed by atoms with Crippen LogP contribution in [0.1, 0.15) is 21.5 Å². The summed E-state index contributed by atoms with van der Waals surface area (Å²) in [6, 6.07) is 18.6. The Bertz CT molecular complexity index is 1220. The molecule has 0 aliphatic carbocycles. The lowest BCUT2D eigenvalue weighted by Crippen LogP contribution is -2.93. The molecule has 0 saturated heterocycles. The fourth-order valence-corrected chi connectivity index (χ4v) is 3.72. The van der Waals surface area contributed by atoms with Crippen molar-refractivity contribution in [3.05, 3.63) is 83.6 Å². The van der Waals surface area contributed by atoms with E-state index in [9.17, 15) is 14.7 Å².